The summed E-state index contributed by atoms with van der Waals surface area (Å²) >= 11 is 0. The van der Waals surface area contributed by atoms with Crippen molar-refractivity contribution in [2.45, 2.75) is 24.6 Å². The van der Waals surface area contributed by atoms with Crippen LogP contribution in [0.15, 0.2) is 70.9 Å². The number of Topliss-reactive ketones (excluding diaryl/α,β-unsaturated/α-hetero) is 1. The minimum absolute atomic E-state index is 0.0344. The van der Waals surface area contributed by atoms with Crippen LogP contribution in [-0.4, -0.2) is 29.5 Å². The Morgan fingerprint density at radius 2 is 2.00 bits per heavy atom. The van der Waals surface area contributed by atoms with Crippen LogP contribution in [-0.2, 0) is 10.4 Å². The number of anilines is 1. The zero-order valence-corrected chi connectivity index (χ0v) is 15.7. The second kappa shape index (κ2) is 7.28. The zero-order valence-electron chi connectivity index (χ0n) is 15.7. The lowest BCUT2D eigenvalue weighted by atomic mass is 9.89. The molecule has 2 unspecified atom stereocenters. The summed E-state index contributed by atoms with van der Waals surface area (Å²) in [4.78, 5) is 27.0. The Morgan fingerprint density at radius 1 is 1.23 bits per heavy atom. The monoisotopic (exact) mass is 417 g/mol. The Kier molecular flexibility index (Phi) is 4.89. The third kappa shape index (κ3) is 3.47. The highest BCUT2D eigenvalue weighted by Gasteiger charge is 2.51. The first-order valence-corrected chi connectivity index (χ1v) is 9.36. The lowest BCUT2D eigenvalue weighted by Crippen LogP contribution is -2.43. The topological polar surface area (TPSA) is 70.8 Å². The second-order valence-corrected chi connectivity index (χ2v) is 7.38. The number of rotatable bonds is 5. The van der Waals surface area contributed by atoms with Crippen LogP contribution < -0.4 is 4.90 Å². The summed E-state index contributed by atoms with van der Waals surface area (Å²) in [6, 6.07) is 9.54. The summed E-state index contributed by atoms with van der Waals surface area (Å²) < 4.78 is 43.5. The number of fused-ring (bicyclic) bond motifs is 1. The van der Waals surface area contributed by atoms with Crippen molar-refractivity contribution < 1.29 is 32.3 Å². The van der Waals surface area contributed by atoms with E-state index in [0.29, 0.717) is 11.3 Å². The molecule has 30 heavy (non-hydrogen) atoms. The molecule has 0 bridgehead atoms. The number of carbonyl (C=O) groups excluding carboxylic acids is 2. The Morgan fingerprint density at radius 3 is 2.63 bits per heavy atom. The predicted molar refractivity (Wildman–Crippen MR) is 102 cm³/mol. The average molecular weight is 417 g/mol. The van der Waals surface area contributed by atoms with Gasteiger partial charge in [0.05, 0.1) is 23.9 Å². The fourth-order valence-corrected chi connectivity index (χ4v) is 3.86. The SMILES string of the molecule is O=C(CC1(O)C(=O)N(CC2C=CC(C(F)(F)F)=CC2)c2ccccc21)c1ccco1. The highest BCUT2D eigenvalue weighted by molar-refractivity contribution is 6.10. The number of amides is 1. The highest BCUT2D eigenvalue weighted by Crippen LogP contribution is 2.43. The van der Waals surface area contributed by atoms with Crippen LogP contribution in [0, 0.1) is 5.92 Å². The molecule has 0 radical (unpaired) electrons. The summed E-state index contributed by atoms with van der Waals surface area (Å²) in [6.45, 7) is 0.0885. The number of hydrogen-bond donors (Lipinski definition) is 1. The van der Waals surface area contributed by atoms with E-state index in [4.69, 9.17) is 4.42 Å². The Labute approximate surface area is 170 Å². The average Bonchev–Trinajstić information content (AvgIpc) is 3.31. The van der Waals surface area contributed by atoms with Gasteiger partial charge in [0.2, 0.25) is 5.78 Å². The number of aliphatic hydroxyl groups is 1. The molecular formula is C22H18F3NO4. The van der Waals surface area contributed by atoms with Crippen molar-refractivity contribution in [2.75, 3.05) is 11.4 Å². The molecule has 0 spiro atoms. The Bertz CT molecular complexity index is 1040. The molecule has 0 fully saturated rings. The minimum atomic E-state index is -4.41. The number of ketones is 1. The maximum Gasteiger partial charge on any atom is 0.416 e. The maximum atomic E-state index is 13.2. The quantitative estimate of drug-likeness (QED) is 0.742. The van der Waals surface area contributed by atoms with Crippen LogP contribution in [0.4, 0.5) is 18.9 Å². The van der Waals surface area contributed by atoms with E-state index in [1.54, 1.807) is 24.3 Å². The van der Waals surface area contributed by atoms with Crippen LogP contribution in [0.2, 0.25) is 0 Å². The van der Waals surface area contributed by atoms with E-state index in [1.165, 1.54) is 29.4 Å². The van der Waals surface area contributed by atoms with E-state index in [-0.39, 0.29) is 24.6 Å². The fraction of sp³-hybridized carbons (Fsp3) is 0.273. The first kappa shape index (κ1) is 20.2. The summed E-state index contributed by atoms with van der Waals surface area (Å²) in [5.74, 6) is -1.52. The molecule has 2 aromatic rings. The number of benzene rings is 1. The predicted octanol–water partition coefficient (Wildman–Crippen LogP) is 4.15. The lowest BCUT2D eigenvalue weighted by molar-refractivity contribution is -0.136. The van der Waals surface area contributed by atoms with Gasteiger partial charge in [0.15, 0.2) is 11.4 Å². The van der Waals surface area contributed by atoms with Crippen LogP contribution in [0.25, 0.3) is 0 Å². The normalized spacial score (nSPS) is 23.5. The van der Waals surface area contributed by atoms with Crippen molar-refractivity contribution in [1.29, 1.82) is 0 Å². The molecule has 2 aliphatic rings. The molecule has 4 rings (SSSR count). The Hall–Kier alpha value is -3.13. The largest absolute Gasteiger partial charge is 0.461 e. The maximum absolute atomic E-state index is 13.2. The summed E-state index contributed by atoms with van der Waals surface area (Å²) in [7, 11) is 0. The third-order valence-electron chi connectivity index (χ3n) is 5.38. The molecule has 1 aliphatic carbocycles. The molecule has 156 valence electrons. The number of halogens is 3. The van der Waals surface area contributed by atoms with Gasteiger partial charge in [-0.3, -0.25) is 9.59 Å². The number of hydrogen-bond acceptors (Lipinski definition) is 4. The van der Waals surface area contributed by atoms with Gasteiger partial charge in [-0.15, -0.1) is 0 Å². The van der Waals surface area contributed by atoms with Gasteiger partial charge in [0, 0.05) is 12.1 Å². The van der Waals surface area contributed by atoms with Gasteiger partial charge in [-0.25, -0.2) is 0 Å². The smallest absolute Gasteiger partial charge is 0.416 e. The molecule has 1 amide bonds. The molecule has 0 saturated heterocycles. The van der Waals surface area contributed by atoms with Crippen molar-refractivity contribution >= 4 is 17.4 Å². The lowest BCUT2D eigenvalue weighted by Gasteiger charge is -2.26. The zero-order chi connectivity index (χ0) is 21.5. The first-order valence-electron chi connectivity index (χ1n) is 9.36. The van der Waals surface area contributed by atoms with Gasteiger partial charge >= 0.3 is 6.18 Å². The molecule has 1 aromatic heterocycles. The van der Waals surface area contributed by atoms with Crippen molar-refractivity contribution in [1.82, 2.24) is 0 Å². The molecule has 5 nitrogen and oxygen atoms in total. The van der Waals surface area contributed by atoms with Crippen LogP contribution in [0.3, 0.4) is 0 Å². The van der Waals surface area contributed by atoms with Crippen molar-refractivity contribution in [3.05, 3.63) is 77.8 Å². The van der Waals surface area contributed by atoms with Gasteiger partial charge in [-0.2, -0.15) is 13.2 Å². The van der Waals surface area contributed by atoms with Gasteiger partial charge in [0.1, 0.15) is 0 Å². The summed E-state index contributed by atoms with van der Waals surface area (Å²) in [5, 5.41) is 11.2. The van der Waals surface area contributed by atoms with Crippen molar-refractivity contribution in [3.63, 3.8) is 0 Å². The van der Waals surface area contributed by atoms with Crippen molar-refractivity contribution in [2.24, 2.45) is 5.92 Å². The van der Waals surface area contributed by atoms with Gasteiger partial charge in [0.25, 0.3) is 5.91 Å². The minimum Gasteiger partial charge on any atom is -0.461 e. The molecule has 1 aliphatic heterocycles. The van der Waals surface area contributed by atoms with E-state index in [2.05, 4.69) is 0 Å². The van der Waals surface area contributed by atoms with Gasteiger partial charge < -0.3 is 14.4 Å². The molecule has 1 N–H and O–H groups in total. The molecule has 0 saturated carbocycles. The van der Waals surface area contributed by atoms with E-state index >= 15 is 0 Å². The summed E-state index contributed by atoms with van der Waals surface area (Å²) in [6.07, 6.45) is 0.0593. The van der Waals surface area contributed by atoms with E-state index in [9.17, 15) is 27.9 Å². The van der Waals surface area contributed by atoms with Gasteiger partial charge in [-0.1, -0.05) is 36.4 Å². The first-order chi connectivity index (χ1) is 14.2. The molecule has 2 heterocycles. The number of allylic oxidation sites excluding steroid dienone is 3. The van der Waals surface area contributed by atoms with E-state index in [1.807, 2.05) is 0 Å². The fourth-order valence-electron chi connectivity index (χ4n) is 3.86. The van der Waals surface area contributed by atoms with Crippen LogP contribution >= 0.6 is 0 Å². The van der Waals surface area contributed by atoms with Crippen molar-refractivity contribution in [3.8, 4) is 0 Å². The number of furan rings is 1. The number of nitrogens with zero attached hydrogens (tertiary/aromatic N) is 1. The molecule has 2 atom stereocenters. The summed E-state index contributed by atoms with van der Waals surface area (Å²) in [5.41, 5.74) is -2.05. The highest BCUT2D eigenvalue weighted by atomic mass is 19.4. The number of para-hydroxylation sites is 1. The number of alkyl halides is 3. The molecule has 8 heteroatoms. The second-order valence-electron chi connectivity index (χ2n) is 7.38. The van der Waals surface area contributed by atoms with Crippen LogP contribution in [0.1, 0.15) is 29.0 Å². The Balaban J connectivity index is 1.57. The van der Waals surface area contributed by atoms with E-state index < -0.39 is 35.5 Å². The third-order valence-corrected chi connectivity index (χ3v) is 5.38. The van der Waals surface area contributed by atoms with Gasteiger partial charge in [-0.05, 0) is 30.5 Å². The van der Waals surface area contributed by atoms with Crippen LogP contribution in [0.5, 0.6) is 0 Å². The number of carbonyl (C=O) groups is 2. The standard InChI is InChI=1S/C22H18F3NO4/c23-22(24,25)15-9-7-14(8-10-15)13-26-17-5-2-1-4-16(17)21(29,20(26)28)12-18(27)19-6-3-11-30-19/h1-7,9-11,14,29H,8,12-13H2. The molecular weight excluding hydrogens is 399 g/mol. The van der Waals surface area contributed by atoms with E-state index in [0.717, 1.165) is 12.2 Å². The molecule has 1 aromatic carbocycles.